The van der Waals surface area contributed by atoms with Gasteiger partial charge in [0.25, 0.3) is 0 Å². The lowest BCUT2D eigenvalue weighted by atomic mass is 10.2. The van der Waals surface area contributed by atoms with Crippen LogP contribution in [0.4, 0.5) is 0 Å². The Labute approximate surface area is 105 Å². The number of hydrogen-bond donors (Lipinski definition) is 1. The lowest BCUT2D eigenvalue weighted by Gasteiger charge is -2.10. The van der Waals surface area contributed by atoms with Crippen molar-refractivity contribution in [3.8, 4) is 11.5 Å². The molecule has 1 rings (SSSR count). The molecule has 0 aliphatic carbocycles. The third kappa shape index (κ3) is 4.75. The Balaban J connectivity index is 2.51. The van der Waals surface area contributed by atoms with E-state index in [4.69, 9.17) is 9.47 Å². The fourth-order valence-electron chi connectivity index (χ4n) is 1.44. The van der Waals surface area contributed by atoms with E-state index < -0.39 is 10.8 Å². The zero-order chi connectivity index (χ0) is 12.7. The van der Waals surface area contributed by atoms with Crippen LogP contribution in [0.25, 0.3) is 0 Å². The summed E-state index contributed by atoms with van der Waals surface area (Å²) < 4.78 is 21.3. The van der Waals surface area contributed by atoms with Gasteiger partial charge in [-0.3, -0.25) is 4.21 Å². The second-order valence-corrected chi connectivity index (χ2v) is 5.20. The largest absolute Gasteiger partial charge is 0.493 e. The summed E-state index contributed by atoms with van der Waals surface area (Å²) in [6, 6.07) is 5.81. The van der Waals surface area contributed by atoms with Crippen LogP contribution in [0.1, 0.15) is 5.56 Å². The van der Waals surface area contributed by atoms with Crippen LogP contribution in [0, 0.1) is 0 Å². The summed E-state index contributed by atoms with van der Waals surface area (Å²) in [4.78, 5) is 0. The van der Waals surface area contributed by atoms with Crippen molar-refractivity contribution in [1.29, 1.82) is 0 Å². The summed E-state index contributed by atoms with van der Waals surface area (Å²) in [6.07, 6.45) is 1.71. The minimum absolute atomic E-state index is 0.674. The molecule has 0 amide bonds. The first kappa shape index (κ1) is 14.0. The van der Waals surface area contributed by atoms with E-state index in [0.717, 1.165) is 30.2 Å². The van der Waals surface area contributed by atoms with Crippen molar-refractivity contribution in [3.63, 3.8) is 0 Å². The van der Waals surface area contributed by atoms with E-state index in [0.29, 0.717) is 5.75 Å². The van der Waals surface area contributed by atoms with Crippen LogP contribution in [0.2, 0.25) is 0 Å². The van der Waals surface area contributed by atoms with Crippen molar-refractivity contribution < 1.29 is 13.7 Å². The Morgan fingerprint density at radius 2 is 1.94 bits per heavy atom. The smallest absolute Gasteiger partial charge is 0.161 e. The van der Waals surface area contributed by atoms with Gasteiger partial charge in [-0.1, -0.05) is 6.07 Å². The molecule has 1 atom stereocenters. The predicted molar refractivity (Wildman–Crippen MR) is 70.2 cm³/mol. The highest BCUT2D eigenvalue weighted by Gasteiger charge is 2.04. The molecule has 0 saturated heterocycles. The molecule has 17 heavy (non-hydrogen) atoms. The zero-order valence-corrected chi connectivity index (χ0v) is 11.3. The minimum Gasteiger partial charge on any atom is -0.493 e. The number of hydrogen-bond acceptors (Lipinski definition) is 4. The Bertz CT molecular complexity index is 382. The van der Waals surface area contributed by atoms with Gasteiger partial charge in [0.15, 0.2) is 11.5 Å². The number of methoxy groups -OCH3 is 2. The van der Waals surface area contributed by atoms with Crippen LogP contribution in [0.3, 0.4) is 0 Å². The molecule has 0 radical (unpaired) electrons. The quantitative estimate of drug-likeness (QED) is 0.745. The summed E-state index contributed by atoms with van der Waals surface area (Å²) >= 11 is 0. The van der Waals surface area contributed by atoms with E-state index in [1.165, 1.54) is 0 Å². The fourth-order valence-corrected chi connectivity index (χ4v) is 1.87. The summed E-state index contributed by atoms with van der Waals surface area (Å²) in [7, 11) is 2.50. The van der Waals surface area contributed by atoms with Gasteiger partial charge >= 0.3 is 0 Å². The van der Waals surface area contributed by atoms with Gasteiger partial charge in [0, 0.05) is 35.9 Å². The normalized spacial score (nSPS) is 12.2. The highest BCUT2D eigenvalue weighted by atomic mass is 32.2. The van der Waals surface area contributed by atoms with E-state index in [9.17, 15) is 4.21 Å². The lowest BCUT2D eigenvalue weighted by molar-refractivity contribution is 0.354. The molecular weight excluding hydrogens is 238 g/mol. The molecule has 5 heteroatoms. The second-order valence-electron chi connectivity index (χ2n) is 3.64. The fraction of sp³-hybridized carbons (Fsp3) is 0.500. The minimum atomic E-state index is -0.742. The maximum atomic E-state index is 10.9. The zero-order valence-electron chi connectivity index (χ0n) is 10.5. The van der Waals surface area contributed by atoms with Gasteiger partial charge in [0.2, 0.25) is 0 Å². The van der Waals surface area contributed by atoms with Crippen molar-refractivity contribution in [3.05, 3.63) is 23.8 Å². The molecule has 0 aliphatic heterocycles. The second kappa shape index (κ2) is 7.29. The first-order valence-electron chi connectivity index (χ1n) is 5.39. The number of rotatable bonds is 7. The molecule has 1 aromatic carbocycles. The maximum absolute atomic E-state index is 10.9. The van der Waals surface area contributed by atoms with Crippen LogP contribution in [0.15, 0.2) is 18.2 Å². The monoisotopic (exact) mass is 257 g/mol. The van der Waals surface area contributed by atoms with Gasteiger partial charge in [0.1, 0.15) is 0 Å². The highest BCUT2D eigenvalue weighted by Crippen LogP contribution is 2.27. The lowest BCUT2D eigenvalue weighted by Crippen LogP contribution is -2.19. The average Bonchev–Trinajstić information content (AvgIpc) is 2.34. The van der Waals surface area contributed by atoms with Crippen LogP contribution in [-0.4, -0.2) is 37.0 Å². The van der Waals surface area contributed by atoms with Crippen LogP contribution in [-0.2, 0) is 17.3 Å². The average molecular weight is 257 g/mol. The maximum Gasteiger partial charge on any atom is 0.161 e. The number of nitrogens with one attached hydrogen (secondary N) is 1. The molecule has 0 bridgehead atoms. The third-order valence-corrected chi connectivity index (χ3v) is 3.12. The van der Waals surface area contributed by atoms with Crippen LogP contribution >= 0.6 is 0 Å². The topological polar surface area (TPSA) is 47.6 Å². The van der Waals surface area contributed by atoms with Gasteiger partial charge in [-0.05, 0) is 17.7 Å². The van der Waals surface area contributed by atoms with Crippen LogP contribution < -0.4 is 14.8 Å². The molecule has 96 valence electrons. The first-order valence-corrected chi connectivity index (χ1v) is 7.11. The van der Waals surface area contributed by atoms with Gasteiger partial charge < -0.3 is 14.8 Å². The Morgan fingerprint density at radius 3 is 2.53 bits per heavy atom. The molecule has 4 nitrogen and oxygen atoms in total. The predicted octanol–water partition coefficient (Wildman–Crippen LogP) is 1.17. The van der Waals surface area contributed by atoms with Crippen LogP contribution in [0.5, 0.6) is 11.5 Å². The van der Waals surface area contributed by atoms with E-state index in [1.807, 2.05) is 18.2 Å². The molecule has 0 spiro atoms. The van der Waals surface area contributed by atoms with E-state index in [1.54, 1.807) is 20.5 Å². The van der Waals surface area contributed by atoms with Crippen molar-refractivity contribution in [2.24, 2.45) is 0 Å². The molecule has 0 fully saturated rings. The van der Waals surface area contributed by atoms with E-state index in [-0.39, 0.29) is 0 Å². The summed E-state index contributed by atoms with van der Waals surface area (Å²) in [5.74, 6) is 2.13. The molecule has 1 N–H and O–H groups in total. The molecular formula is C12H19NO3S. The molecule has 1 aromatic rings. The Hall–Kier alpha value is -1.07. The molecule has 1 unspecified atom stereocenters. The molecule has 0 heterocycles. The van der Waals surface area contributed by atoms with Crippen molar-refractivity contribution >= 4 is 10.8 Å². The number of benzene rings is 1. The summed E-state index contributed by atoms with van der Waals surface area (Å²) in [5, 5.41) is 3.23. The number of ether oxygens (including phenoxy) is 2. The van der Waals surface area contributed by atoms with E-state index >= 15 is 0 Å². The standard InChI is InChI=1S/C12H19NO3S/c1-15-11-5-4-10(8-12(11)16-2)9-13-6-7-17(3)14/h4-5,8,13H,6-7,9H2,1-3H3. The third-order valence-electron chi connectivity index (χ3n) is 2.34. The molecule has 0 aromatic heterocycles. The van der Waals surface area contributed by atoms with Crippen molar-refractivity contribution in [2.45, 2.75) is 6.54 Å². The van der Waals surface area contributed by atoms with Gasteiger partial charge in [0.05, 0.1) is 14.2 Å². The SMILES string of the molecule is COc1ccc(CNCCS(C)=O)cc1OC. The molecule has 0 saturated carbocycles. The highest BCUT2D eigenvalue weighted by molar-refractivity contribution is 7.84. The Kier molecular flexibility index (Phi) is 6.00. The van der Waals surface area contributed by atoms with Crippen molar-refractivity contribution in [2.75, 3.05) is 32.8 Å². The van der Waals surface area contributed by atoms with Gasteiger partial charge in [-0.2, -0.15) is 0 Å². The van der Waals surface area contributed by atoms with Crippen molar-refractivity contribution in [1.82, 2.24) is 5.32 Å². The van der Waals surface area contributed by atoms with Gasteiger partial charge in [-0.25, -0.2) is 0 Å². The summed E-state index contributed by atoms with van der Waals surface area (Å²) in [5.41, 5.74) is 1.12. The first-order chi connectivity index (χ1) is 8.17. The van der Waals surface area contributed by atoms with E-state index in [2.05, 4.69) is 5.32 Å². The van der Waals surface area contributed by atoms with Gasteiger partial charge in [-0.15, -0.1) is 0 Å². The Morgan fingerprint density at radius 1 is 1.24 bits per heavy atom. The summed E-state index contributed by atoms with van der Waals surface area (Å²) in [6.45, 7) is 1.48. The molecule has 0 aliphatic rings.